The quantitative estimate of drug-likeness (QED) is 0.446. The van der Waals surface area contributed by atoms with Gasteiger partial charge in [0.25, 0.3) is 0 Å². The minimum atomic E-state index is -0.877. The molecule has 0 aromatic heterocycles. The van der Waals surface area contributed by atoms with Gasteiger partial charge in [-0.05, 0) is 12.3 Å². The van der Waals surface area contributed by atoms with Gasteiger partial charge in [0, 0.05) is 19.4 Å². The van der Waals surface area contributed by atoms with Gasteiger partial charge in [0.05, 0.1) is 13.2 Å². The molecule has 0 aliphatic carbocycles. The van der Waals surface area contributed by atoms with Crippen LogP contribution < -0.4 is 5.32 Å². The fourth-order valence-electron chi connectivity index (χ4n) is 1.29. The van der Waals surface area contributed by atoms with Crippen molar-refractivity contribution in [3.63, 3.8) is 0 Å². The number of carboxylic acids is 1. The molecule has 0 fully saturated rings. The van der Waals surface area contributed by atoms with Crippen molar-refractivity contribution < 1.29 is 19.4 Å². The lowest BCUT2D eigenvalue weighted by atomic mass is 10.0. The van der Waals surface area contributed by atoms with Gasteiger partial charge in [-0.2, -0.15) is 0 Å². The van der Waals surface area contributed by atoms with Crippen molar-refractivity contribution in [1.82, 2.24) is 5.32 Å². The Morgan fingerprint density at radius 1 is 1.41 bits per heavy atom. The van der Waals surface area contributed by atoms with Crippen LogP contribution in [-0.2, 0) is 14.3 Å². The van der Waals surface area contributed by atoms with Crippen LogP contribution in [0.2, 0.25) is 0 Å². The topological polar surface area (TPSA) is 75.6 Å². The Morgan fingerprint density at radius 2 is 2.12 bits per heavy atom. The number of hydrogen-bond acceptors (Lipinski definition) is 3. The molecular formula is C12H21NO4. The first-order chi connectivity index (χ1) is 8.06. The second-order valence-corrected chi connectivity index (χ2v) is 3.95. The molecule has 5 nitrogen and oxygen atoms in total. The molecule has 0 heterocycles. The van der Waals surface area contributed by atoms with E-state index < -0.39 is 5.97 Å². The van der Waals surface area contributed by atoms with Gasteiger partial charge in [-0.1, -0.05) is 13.0 Å². The Kier molecular flexibility index (Phi) is 9.05. The van der Waals surface area contributed by atoms with E-state index in [0.717, 1.165) is 6.42 Å². The van der Waals surface area contributed by atoms with E-state index in [0.29, 0.717) is 19.8 Å². The molecule has 1 unspecified atom stereocenters. The molecule has 98 valence electrons. The maximum atomic E-state index is 11.3. The van der Waals surface area contributed by atoms with Crippen LogP contribution in [0, 0.1) is 5.92 Å². The summed E-state index contributed by atoms with van der Waals surface area (Å²) in [5.74, 6) is -1.15. The number of hydrogen-bond donors (Lipinski definition) is 2. The number of carbonyl (C=O) groups is 2. The second-order valence-electron chi connectivity index (χ2n) is 3.95. The third-order valence-corrected chi connectivity index (χ3v) is 2.09. The van der Waals surface area contributed by atoms with Crippen LogP contribution >= 0.6 is 0 Å². The van der Waals surface area contributed by atoms with E-state index >= 15 is 0 Å². The van der Waals surface area contributed by atoms with Crippen LogP contribution in [0.3, 0.4) is 0 Å². The summed E-state index contributed by atoms with van der Waals surface area (Å²) in [6.45, 7) is 6.83. The number of rotatable bonds is 10. The number of ether oxygens (including phenoxy) is 1. The third kappa shape index (κ3) is 10.9. The molecule has 5 heteroatoms. The van der Waals surface area contributed by atoms with Crippen LogP contribution in [-0.4, -0.2) is 36.7 Å². The number of amides is 1. The average molecular weight is 243 g/mol. The lowest BCUT2D eigenvalue weighted by molar-refractivity contribution is -0.138. The Balaban J connectivity index is 3.45. The van der Waals surface area contributed by atoms with Gasteiger partial charge in [0.15, 0.2) is 0 Å². The van der Waals surface area contributed by atoms with Crippen LogP contribution in [0.4, 0.5) is 0 Å². The van der Waals surface area contributed by atoms with Crippen LogP contribution in [0.15, 0.2) is 12.7 Å². The summed E-state index contributed by atoms with van der Waals surface area (Å²) >= 11 is 0. The molecule has 0 saturated heterocycles. The number of carboxylic acid groups (broad SMARTS) is 1. The van der Waals surface area contributed by atoms with Crippen molar-refractivity contribution >= 4 is 11.9 Å². The minimum Gasteiger partial charge on any atom is -0.481 e. The van der Waals surface area contributed by atoms with Crippen molar-refractivity contribution in [3.8, 4) is 0 Å². The fourth-order valence-corrected chi connectivity index (χ4v) is 1.29. The average Bonchev–Trinajstić information content (AvgIpc) is 2.21. The van der Waals surface area contributed by atoms with E-state index in [1.54, 1.807) is 13.0 Å². The van der Waals surface area contributed by atoms with Crippen molar-refractivity contribution in [1.29, 1.82) is 0 Å². The molecule has 0 bridgehead atoms. The minimum absolute atomic E-state index is 0.0171. The molecule has 0 rings (SSSR count). The second kappa shape index (κ2) is 9.84. The zero-order valence-electron chi connectivity index (χ0n) is 10.3. The molecule has 1 atom stereocenters. The van der Waals surface area contributed by atoms with E-state index in [-0.39, 0.29) is 24.7 Å². The highest BCUT2D eigenvalue weighted by molar-refractivity contribution is 5.77. The fraction of sp³-hybridized carbons (Fsp3) is 0.667. The summed E-state index contributed by atoms with van der Waals surface area (Å²) in [5.41, 5.74) is 0. The lowest BCUT2D eigenvalue weighted by Crippen LogP contribution is -2.29. The predicted octanol–water partition coefficient (Wildman–Crippen LogP) is 1.20. The van der Waals surface area contributed by atoms with Gasteiger partial charge in [-0.25, -0.2) is 0 Å². The SMILES string of the molecule is C=CCCOCCNC(=O)CC(C)CC(=O)O. The van der Waals surface area contributed by atoms with E-state index in [1.807, 2.05) is 0 Å². The Labute approximate surface area is 102 Å². The van der Waals surface area contributed by atoms with Gasteiger partial charge in [0.2, 0.25) is 5.91 Å². The molecule has 0 aliphatic heterocycles. The van der Waals surface area contributed by atoms with Gasteiger partial charge < -0.3 is 15.2 Å². The molecule has 1 amide bonds. The summed E-state index contributed by atoms with van der Waals surface area (Å²) in [6, 6.07) is 0. The number of aliphatic carboxylic acids is 1. The summed E-state index contributed by atoms with van der Waals surface area (Å²) in [5, 5.41) is 11.2. The largest absolute Gasteiger partial charge is 0.481 e. The normalized spacial score (nSPS) is 11.8. The molecular weight excluding hydrogens is 222 g/mol. The Morgan fingerprint density at radius 3 is 2.71 bits per heavy atom. The monoisotopic (exact) mass is 243 g/mol. The van der Waals surface area contributed by atoms with Crippen molar-refractivity contribution in [2.24, 2.45) is 5.92 Å². The number of nitrogens with one attached hydrogen (secondary N) is 1. The highest BCUT2D eigenvalue weighted by atomic mass is 16.5. The summed E-state index contributed by atoms with van der Waals surface area (Å²) in [7, 11) is 0. The van der Waals surface area contributed by atoms with E-state index in [1.165, 1.54) is 0 Å². The van der Waals surface area contributed by atoms with Crippen LogP contribution in [0.5, 0.6) is 0 Å². The van der Waals surface area contributed by atoms with Gasteiger partial charge >= 0.3 is 5.97 Å². The molecule has 0 aromatic rings. The molecule has 0 aliphatic rings. The zero-order valence-corrected chi connectivity index (χ0v) is 10.3. The molecule has 2 N–H and O–H groups in total. The van der Waals surface area contributed by atoms with Crippen LogP contribution in [0.25, 0.3) is 0 Å². The van der Waals surface area contributed by atoms with E-state index in [2.05, 4.69) is 11.9 Å². The summed E-state index contributed by atoms with van der Waals surface area (Å²) in [4.78, 5) is 21.7. The highest BCUT2D eigenvalue weighted by Gasteiger charge is 2.11. The first-order valence-electron chi connectivity index (χ1n) is 5.73. The standard InChI is InChI=1S/C12H21NO4/c1-3-4-6-17-7-5-13-11(14)8-10(2)9-12(15)16/h3,10H,1,4-9H2,2H3,(H,13,14)(H,15,16). The Hall–Kier alpha value is -1.36. The molecule has 0 radical (unpaired) electrons. The summed E-state index contributed by atoms with van der Waals surface area (Å²) in [6.07, 6.45) is 2.82. The first-order valence-corrected chi connectivity index (χ1v) is 5.73. The van der Waals surface area contributed by atoms with Crippen molar-refractivity contribution in [2.75, 3.05) is 19.8 Å². The van der Waals surface area contributed by atoms with Gasteiger partial charge in [0.1, 0.15) is 0 Å². The van der Waals surface area contributed by atoms with Gasteiger partial charge in [-0.3, -0.25) is 9.59 Å². The van der Waals surface area contributed by atoms with Gasteiger partial charge in [-0.15, -0.1) is 6.58 Å². The van der Waals surface area contributed by atoms with E-state index in [9.17, 15) is 9.59 Å². The first kappa shape index (κ1) is 15.6. The van der Waals surface area contributed by atoms with Crippen molar-refractivity contribution in [3.05, 3.63) is 12.7 Å². The maximum Gasteiger partial charge on any atom is 0.303 e. The number of carbonyl (C=O) groups excluding carboxylic acids is 1. The smallest absolute Gasteiger partial charge is 0.303 e. The third-order valence-electron chi connectivity index (χ3n) is 2.09. The van der Waals surface area contributed by atoms with E-state index in [4.69, 9.17) is 9.84 Å². The molecule has 0 saturated carbocycles. The molecule has 0 spiro atoms. The van der Waals surface area contributed by atoms with Crippen LogP contribution in [0.1, 0.15) is 26.2 Å². The maximum absolute atomic E-state index is 11.3. The summed E-state index contributed by atoms with van der Waals surface area (Å²) < 4.78 is 5.21. The van der Waals surface area contributed by atoms with Crippen molar-refractivity contribution in [2.45, 2.75) is 26.2 Å². The Bertz CT molecular complexity index is 253. The highest BCUT2D eigenvalue weighted by Crippen LogP contribution is 2.06. The predicted molar refractivity (Wildman–Crippen MR) is 64.7 cm³/mol. The molecule has 0 aromatic carbocycles. The molecule has 17 heavy (non-hydrogen) atoms. The lowest BCUT2D eigenvalue weighted by Gasteiger charge is -2.09. The zero-order chi connectivity index (χ0) is 13.1.